The molecular weight excluding hydrogens is 415 g/mol. The minimum Gasteiger partial charge on any atom is -0.302 e. The van der Waals surface area contributed by atoms with Gasteiger partial charge >= 0.3 is 0 Å². The van der Waals surface area contributed by atoms with Gasteiger partial charge in [-0.2, -0.15) is 0 Å². The van der Waals surface area contributed by atoms with Gasteiger partial charge in [0.05, 0.1) is 17.9 Å². The molecule has 4 rings (SSSR count). The lowest BCUT2D eigenvalue weighted by Crippen LogP contribution is -2.29. The normalized spacial score (nSPS) is 14.6. The van der Waals surface area contributed by atoms with Crippen molar-refractivity contribution in [1.29, 1.82) is 0 Å². The summed E-state index contributed by atoms with van der Waals surface area (Å²) in [5.74, 6) is -0.188. The molecule has 0 N–H and O–H groups in total. The molecule has 0 fully saturated rings. The molecule has 140 valence electrons. The molecule has 1 amide bonds. The number of nitrogens with zero attached hydrogens (tertiary/aromatic N) is 2. The number of aliphatic imine (C=N–C) groups is 1. The van der Waals surface area contributed by atoms with E-state index in [1.165, 1.54) is 0 Å². The first kappa shape index (κ1) is 19.0. The van der Waals surface area contributed by atoms with Crippen LogP contribution < -0.4 is 4.90 Å². The molecular formula is C22H15Cl3N2O. The van der Waals surface area contributed by atoms with Gasteiger partial charge in [-0.1, -0.05) is 52.5 Å². The van der Waals surface area contributed by atoms with Crippen LogP contribution in [0.2, 0.25) is 15.1 Å². The summed E-state index contributed by atoms with van der Waals surface area (Å²) in [6.45, 7) is 2.26. The molecule has 0 bridgehead atoms. The monoisotopic (exact) mass is 428 g/mol. The number of carbonyl (C=O) groups is 1. The molecule has 0 radical (unpaired) electrons. The van der Waals surface area contributed by atoms with Crippen LogP contribution in [0.3, 0.4) is 0 Å². The third-order valence-corrected chi connectivity index (χ3v) is 5.55. The lowest BCUT2D eigenvalue weighted by Gasteiger charge is -2.18. The number of aryl methyl sites for hydroxylation is 1. The molecule has 3 aromatic rings. The van der Waals surface area contributed by atoms with Gasteiger partial charge in [0, 0.05) is 26.2 Å². The van der Waals surface area contributed by atoms with Gasteiger partial charge < -0.3 is 4.90 Å². The highest BCUT2D eigenvalue weighted by Crippen LogP contribution is 2.35. The van der Waals surface area contributed by atoms with Gasteiger partial charge in [-0.05, 0) is 55.5 Å². The van der Waals surface area contributed by atoms with Crippen LogP contribution in [-0.2, 0) is 11.3 Å². The second-order valence-corrected chi connectivity index (χ2v) is 7.80. The van der Waals surface area contributed by atoms with Crippen molar-refractivity contribution in [2.24, 2.45) is 4.99 Å². The maximum absolute atomic E-state index is 13.3. The first-order valence-corrected chi connectivity index (χ1v) is 9.77. The first-order chi connectivity index (χ1) is 13.4. The maximum atomic E-state index is 13.3. The summed E-state index contributed by atoms with van der Waals surface area (Å²) in [5, 5.41) is 1.67. The smallest absolute Gasteiger partial charge is 0.277 e. The molecule has 3 nitrogen and oxygen atoms in total. The van der Waals surface area contributed by atoms with E-state index in [0.29, 0.717) is 32.0 Å². The van der Waals surface area contributed by atoms with Crippen molar-refractivity contribution in [1.82, 2.24) is 0 Å². The number of benzene rings is 3. The third kappa shape index (κ3) is 3.53. The molecule has 1 heterocycles. The number of rotatable bonds is 3. The van der Waals surface area contributed by atoms with E-state index in [1.54, 1.807) is 47.4 Å². The van der Waals surface area contributed by atoms with Crippen molar-refractivity contribution in [3.05, 3.63) is 92.4 Å². The Morgan fingerprint density at radius 1 is 0.929 bits per heavy atom. The molecule has 0 aliphatic carbocycles. The topological polar surface area (TPSA) is 32.7 Å². The van der Waals surface area contributed by atoms with Crippen LogP contribution in [0.5, 0.6) is 0 Å². The molecule has 1 aliphatic rings. The highest BCUT2D eigenvalue weighted by molar-refractivity contribution is 6.54. The van der Waals surface area contributed by atoms with Crippen molar-refractivity contribution in [3.8, 4) is 0 Å². The molecule has 0 aromatic heterocycles. The van der Waals surface area contributed by atoms with Crippen LogP contribution >= 0.6 is 34.8 Å². The fourth-order valence-corrected chi connectivity index (χ4v) is 3.82. The third-order valence-electron chi connectivity index (χ3n) is 4.59. The Kier molecular flexibility index (Phi) is 5.15. The van der Waals surface area contributed by atoms with E-state index in [0.717, 1.165) is 16.8 Å². The predicted octanol–water partition coefficient (Wildman–Crippen LogP) is 6.62. The van der Waals surface area contributed by atoms with E-state index in [-0.39, 0.29) is 12.5 Å². The standard InChI is InChI=1S/C22H15Cl3N2O/c1-13-5-10-20-16(11-13)21(26-15-8-6-14(23)7-9-15)22(28)27(20)12-17-18(24)3-2-4-19(17)25/h2-11H,12H2,1H3. The lowest BCUT2D eigenvalue weighted by molar-refractivity contribution is -0.112. The number of carbonyl (C=O) groups excluding carboxylic acids is 1. The lowest BCUT2D eigenvalue weighted by atomic mass is 10.1. The van der Waals surface area contributed by atoms with Crippen LogP contribution in [0.1, 0.15) is 16.7 Å². The van der Waals surface area contributed by atoms with E-state index in [1.807, 2.05) is 25.1 Å². The van der Waals surface area contributed by atoms with Crippen molar-refractivity contribution in [2.45, 2.75) is 13.5 Å². The first-order valence-electron chi connectivity index (χ1n) is 8.64. The van der Waals surface area contributed by atoms with Crippen LogP contribution in [0.25, 0.3) is 0 Å². The summed E-state index contributed by atoms with van der Waals surface area (Å²) in [6, 6.07) is 18.2. The van der Waals surface area contributed by atoms with E-state index in [9.17, 15) is 4.79 Å². The molecule has 6 heteroatoms. The van der Waals surface area contributed by atoms with Crippen LogP contribution in [0, 0.1) is 6.92 Å². The van der Waals surface area contributed by atoms with E-state index in [2.05, 4.69) is 4.99 Å². The summed E-state index contributed by atoms with van der Waals surface area (Å²) in [6.07, 6.45) is 0. The number of halogens is 3. The zero-order chi connectivity index (χ0) is 19.8. The average Bonchev–Trinajstić information content (AvgIpc) is 2.91. The molecule has 0 unspecified atom stereocenters. The Bertz CT molecular complexity index is 1090. The van der Waals surface area contributed by atoms with Gasteiger partial charge in [0.2, 0.25) is 0 Å². The fraction of sp³-hybridized carbons (Fsp3) is 0.0909. The SMILES string of the molecule is Cc1ccc2c(c1)C(=Nc1ccc(Cl)cc1)C(=O)N2Cc1c(Cl)cccc1Cl. The summed E-state index contributed by atoms with van der Waals surface area (Å²) < 4.78 is 0. The predicted molar refractivity (Wildman–Crippen MR) is 116 cm³/mol. The fourth-order valence-electron chi connectivity index (χ4n) is 3.18. The van der Waals surface area contributed by atoms with E-state index >= 15 is 0 Å². The molecule has 0 saturated carbocycles. The Morgan fingerprint density at radius 2 is 1.61 bits per heavy atom. The van der Waals surface area contributed by atoms with Gasteiger partial charge in [-0.15, -0.1) is 0 Å². The Morgan fingerprint density at radius 3 is 2.29 bits per heavy atom. The minimum absolute atomic E-state index is 0.188. The largest absolute Gasteiger partial charge is 0.302 e. The minimum atomic E-state index is -0.188. The average molecular weight is 430 g/mol. The number of hydrogen-bond acceptors (Lipinski definition) is 2. The molecule has 0 spiro atoms. The number of amides is 1. The highest BCUT2D eigenvalue weighted by Gasteiger charge is 2.34. The Hall–Kier alpha value is -2.33. The Balaban J connectivity index is 1.80. The molecule has 3 aromatic carbocycles. The molecule has 0 saturated heterocycles. The quantitative estimate of drug-likeness (QED) is 0.460. The van der Waals surface area contributed by atoms with E-state index in [4.69, 9.17) is 34.8 Å². The van der Waals surface area contributed by atoms with Gasteiger partial charge in [0.15, 0.2) is 0 Å². The summed E-state index contributed by atoms with van der Waals surface area (Å²) in [7, 11) is 0. The molecule has 0 atom stereocenters. The van der Waals surface area contributed by atoms with Crippen molar-refractivity contribution in [2.75, 3.05) is 4.90 Å². The van der Waals surface area contributed by atoms with E-state index < -0.39 is 0 Å². The van der Waals surface area contributed by atoms with Crippen molar-refractivity contribution >= 4 is 57.8 Å². The second kappa shape index (κ2) is 7.59. The summed E-state index contributed by atoms with van der Waals surface area (Å²) >= 11 is 18.6. The second-order valence-electron chi connectivity index (χ2n) is 6.55. The van der Waals surface area contributed by atoms with Gasteiger partial charge in [0.25, 0.3) is 5.91 Å². The van der Waals surface area contributed by atoms with Crippen LogP contribution in [0.15, 0.2) is 65.7 Å². The van der Waals surface area contributed by atoms with Crippen LogP contribution in [-0.4, -0.2) is 11.6 Å². The van der Waals surface area contributed by atoms with Gasteiger partial charge in [-0.3, -0.25) is 4.79 Å². The summed E-state index contributed by atoms with van der Waals surface area (Å²) in [5.41, 5.74) is 4.40. The van der Waals surface area contributed by atoms with Crippen LogP contribution in [0.4, 0.5) is 11.4 Å². The van der Waals surface area contributed by atoms with Gasteiger partial charge in [-0.25, -0.2) is 4.99 Å². The van der Waals surface area contributed by atoms with Gasteiger partial charge in [0.1, 0.15) is 5.71 Å². The molecule has 1 aliphatic heterocycles. The van der Waals surface area contributed by atoms with Crippen molar-refractivity contribution in [3.63, 3.8) is 0 Å². The zero-order valence-corrected chi connectivity index (χ0v) is 17.2. The van der Waals surface area contributed by atoms with Crippen molar-refractivity contribution < 1.29 is 4.79 Å². The number of hydrogen-bond donors (Lipinski definition) is 0. The number of anilines is 1. The number of fused-ring (bicyclic) bond motifs is 1. The maximum Gasteiger partial charge on any atom is 0.277 e. The Labute approximate surface area is 178 Å². The highest BCUT2D eigenvalue weighted by atomic mass is 35.5. The molecule has 28 heavy (non-hydrogen) atoms. The zero-order valence-electron chi connectivity index (χ0n) is 14.9. The summed E-state index contributed by atoms with van der Waals surface area (Å²) in [4.78, 5) is 19.5.